The van der Waals surface area contributed by atoms with Crippen molar-refractivity contribution in [1.29, 1.82) is 0 Å². The van der Waals surface area contributed by atoms with Gasteiger partial charge in [-0.25, -0.2) is 19.2 Å². The van der Waals surface area contributed by atoms with Crippen molar-refractivity contribution in [2.24, 2.45) is 0 Å². The van der Waals surface area contributed by atoms with E-state index in [1.165, 1.54) is 40.3 Å². The third kappa shape index (κ3) is 3.19. The number of alkyl halides is 3. The number of hydrogen-bond acceptors (Lipinski definition) is 6. The highest BCUT2D eigenvalue weighted by Gasteiger charge is 2.31. The largest absolute Gasteiger partial charge is 0.416 e. The van der Waals surface area contributed by atoms with Crippen molar-refractivity contribution >= 4 is 17.4 Å². The molecule has 3 aromatic heterocycles. The summed E-state index contributed by atoms with van der Waals surface area (Å²) in [6.45, 7) is 0. The Bertz CT molecular complexity index is 1090. The van der Waals surface area contributed by atoms with Crippen LogP contribution in [0.4, 0.5) is 18.9 Å². The van der Waals surface area contributed by atoms with Crippen LogP contribution in [0.2, 0.25) is 0 Å². The molecule has 12 heteroatoms. The molecule has 0 aliphatic heterocycles. The van der Waals surface area contributed by atoms with Gasteiger partial charge in [-0.1, -0.05) is 0 Å². The number of carbonyl (C=O) groups is 1. The van der Waals surface area contributed by atoms with Gasteiger partial charge in [0.25, 0.3) is 11.7 Å². The Labute approximate surface area is 148 Å². The zero-order valence-corrected chi connectivity index (χ0v) is 13.3. The zero-order chi connectivity index (χ0) is 19.0. The van der Waals surface area contributed by atoms with E-state index in [2.05, 4.69) is 30.5 Å². The molecular formula is C15H9F3N8O. The minimum atomic E-state index is -4.58. The van der Waals surface area contributed by atoms with Crippen LogP contribution in [0.25, 0.3) is 11.5 Å². The van der Waals surface area contributed by atoms with Crippen molar-refractivity contribution in [3.8, 4) is 5.69 Å². The van der Waals surface area contributed by atoms with Gasteiger partial charge < -0.3 is 5.32 Å². The van der Waals surface area contributed by atoms with Gasteiger partial charge in [-0.05, 0) is 24.3 Å². The smallest absolute Gasteiger partial charge is 0.317 e. The molecular weight excluding hydrogens is 365 g/mol. The van der Waals surface area contributed by atoms with Crippen molar-refractivity contribution in [1.82, 2.24) is 34.3 Å². The molecule has 0 saturated heterocycles. The van der Waals surface area contributed by atoms with Crippen molar-refractivity contribution in [2.45, 2.75) is 6.18 Å². The van der Waals surface area contributed by atoms with Crippen LogP contribution < -0.4 is 5.32 Å². The van der Waals surface area contributed by atoms with Gasteiger partial charge >= 0.3 is 6.18 Å². The molecule has 0 spiro atoms. The Balaban J connectivity index is 1.73. The Morgan fingerprint density at radius 2 is 2.07 bits per heavy atom. The van der Waals surface area contributed by atoms with Crippen LogP contribution in [0.1, 0.15) is 16.2 Å². The maximum absolute atomic E-state index is 13.1. The first kappa shape index (κ1) is 16.6. The van der Waals surface area contributed by atoms with Crippen LogP contribution in [0.3, 0.4) is 0 Å². The van der Waals surface area contributed by atoms with E-state index in [0.717, 1.165) is 12.1 Å². The van der Waals surface area contributed by atoms with Gasteiger partial charge in [0, 0.05) is 12.4 Å². The normalized spacial score (nSPS) is 11.7. The Morgan fingerprint density at radius 1 is 1.22 bits per heavy atom. The molecule has 136 valence electrons. The molecule has 3 heterocycles. The molecule has 9 nitrogen and oxygen atoms in total. The number of halogens is 3. The van der Waals surface area contributed by atoms with E-state index in [1.54, 1.807) is 6.07 Å². The lowest BCUT2D eigenvalue weighted by molar-refractivity contribution is -0.137. The monoisotopic (exact) mass is 374 g/mol. The number of aromatic nitrogens is 7. The Kier molecular flexibility index (Phi) is 3.79. The summed E-state index contributed by atoms with van der Waals surface area (Å²) >= 11 is 0. The van der Waals surface area contributed by atoms with E-state index >= 15 is 0 Å². The van der Waals surface area contributed by atoms with E-state index in [-0.39, 0.29) is 23.0 Å². The van der Waals surface area contributed by atoms with Gasteiger partial charge in [0.15, 0.2) is 0 Å². The predicted molar refractivity (Wildman–Crippen MR) is 85.1 cm³/mol. The summed E-state index contributed by atoms with van der Waals surface area (Å²) in [6, 6.07) is 4.48. The van der Waals surface area contributed by atoms with Gasteiger partial charge in [0.1, 0.15) is 12.7 Å². The van der Waals surface area contributed by atoms with E-state index in [0.29, 0.717) is 0 Å². The van der Waals surface area contributed by atoms with E-state index in [9.17, 15) is 18.0 Å². The lowest BCUT2D eigenvalue weighted by Crippen LogP contribution is -2.17. The molecule has 4 rings (SSSR count). The molecule has 0 atom stereocenters. The molecule has 0 radical (unpaired) electrons. The Morgan fingerprint density at radius 3 is 2.78 bits per heavy atom. The molecule has 4 aromatic rings. The molecule has 1 amide bonds. The standard InChI is InChI=1S/C15H9F3N8O/c16-15(17,18)9-2-3-11(26-8-19-7-21-26)10(6-9)22-13(27)12-23-14-20-4-1-5-25(14)24-12/h1-8H,(H,22,27). The van der Waals surface area contributed by atoms with Crippen molar-refractivity contribution in [3.63, 3.8) is 0 Å². The summed E-state index contributed by atoms with van der Waals surface area (Å²) in [6.07, 6.45) is 0.953. The van der Waals surface area contributed by atoms with Gasteiger partial charge in [-0.15, -0.1) is 5.10 Å². The first-order chi connectivity index (χ1) is 12.9. The fourth-order valence-electron chi connectivity index (χ4n) is 2.35. The topological polar surface area (TPSA) is 103 Å². The minimum Gasteiger partial charge on any atom is -0.317 e. The van der Waals surface area contributed by atoms with Crippen molar-refractivity contribution < 1.29 is 18.0 Å². The molecule has 0 aliphatic carbocycles. The number of rotatable bonds is 3. The summed E-state index contributed by atoms with van der Waals surface area (Å²) in [5, 5.41) is 10.2. The van der Waals surface area contributed by atoms with Crippen LogP contribution in [0.15, 0.2) is 49.3 Å². The maximum atomic E-state index is 13.1. The number of carbonyl (C=O) groups excluding carboxylic acids is 1. The van der Waals surface area contributed by atoms with Gasteiger partial charge in [0.2, 0.25) is 5.82 Å². The maximum Gasteiger partial charge on any atom is 0.416 e. The van der Waals surface area contributed by atoms with Crippen LogP contribution >= 0.6 is 0 Å². The summed E-state index contributed by atoms with van der Waals surface area (Å²) in [5.74, 6) is -0.847. The van der Waals surface area contributed by atoms with Crippen LogP contribution in [-0.2, 0) is 6.18 Å². The molecule has 0 saturated carbocycles. The summed E-state index contributed by atoms with van der Waals surface area (Å²) < 4.78 is 41.7. The summed E-state index contributed by atoms with van der Waals surface area (Å²) in [5.41, 5.74) is -0.839. The van der Waals surface area contributed by atoms with E-state index in [1.807, 2.05) is 0 Å². The number of hydrogen-bond donors (Lipinski definition) is 1. The summed E-state index contributed by atoms with van der Waals surface area (Å²) in [4.78, 5) is 24.1. The molecule has 0 fully saturated rings. The molecule has 27 heavy (non-hydrogen) atoms. The molecule has 0 bridgehead atoms. The van der Waals surface area contributed by atoms with Crippen LogP contribution in [0.5, 0.6) is 0 Å². The van der Waals surface area contributed by atoms with E-state index < -0.39 is 17.6 Å². The van der Waals surface area contributed by atoms with Crippen molar-refractivity contribution in [3.05, 3.63) is 60.7 Å². The number of amides is 1. The number of nitrogens with zero attached hydrogens (tertiary/aromatic N) is 7. The number of benzene rings is 1. The van der Waals surface area contributed by atoms with Gasteiger partial charge in [-0.3, -0.25) is 4.79 Å². The zero-order valence-electron chi connectivity index (χ0n) is 13.3. The highest BCUT2D eigenvalue weighted by Crippen LogP contribution is 2.33. The predicted octanol–water partition coefficient (Wildman–Crippen LogP) is 1.98. The minimum absolute atomic E-state index is 0.118. The fourth-order valence-corrected chi connectivity index (χ4v) is 2.35. The number of anilines is 1. The average Bonchev–Trinajstić information content (AvgIpc) is 3.30. The number of fused-ring (bicyclic) bond motifs is 1. The van der Waals surface area contributed by atoms with Gasteiger partial charge in [0.05, 0.1) is 16.9 Å². The lowest BCUT2D eigenvalue weighted by atomic mass is 10.1. The SMILES string of the molecule is O=C(Nc1cc(C(F)(F)F)ccc1-n1cncn1)c1nc2ncccn2n1. The molecule has 1 aromatic carbocycles. The quantitative estimate of drug-likeness (QED) is 0.588. The first-order valence-corrected chi connectivity index (χ1v) is 7.47. The summed E-state index contributed by atoms with van der Waals surface area (Å²) in [7, 11) is 0. The third-order valence-electron chi connectivity index (χ3n) is 3.56. The average molecular weight is 374 g/mol. The first-order valence-electron chi connectivity index (χ1n) is 7.47. The Hall–Kier alpha value is -3.83. The lowest BCUT2D eigenvalue weighted by Gasteiger charge is -2.13. The second kappa shape index (κ2) is 6.16. The molecule has 1 N–H and O–H groups in total. The van der Waals surface area contributed by atoms with Gasteiger partial charge in [-0.2, -0.15) is 23.3 Å². The highest BCUT2D eigenvalue weighted by atomic mass is 19.4. The highest BCUT2D eigenvalue weighted by molar-refractivity contribution is 6.03. The second-order valence-corrected chi connectivity index (χ2v) is 5.32. The van der Waals surface area contributed by atoms with E-state index in [4.69, 9.17) is 0 Å². The van der Waals surface area contributed by atoms with Crippen molar-refractivity contribution in [2.75, 3.05) is 5.32 Å². The molecule has 0 unspecified atom stereocenters. The third-order valence-corrected chi connectivity index (χ3v) is 3.56. The number of nitrogens with one attached hydrogen (secondary N) is 1. The fraction of sp³-hybridized carbons (Fsp3) is 0.0667. The van der Waals surface area contributed by atoms with Crippen LogP contribution in [-0.4, -0.2) is 40.3 Å². The molecule has 0 aliphatic rings. The van der Waals surface area contributed by atoms with Crippen LogP contribution in [0, 0.1) is 0 Å². The second-order valence-electron chi connectivity index (χ2n) is 5.32.